The predicted molar refractivity (Wildman–Crippen MR) is 252 cm³/mol. The van der Waals surface area contributed by atoms with Crippen molar-refractivity contribution in [2.45, 2.75) is 199 Å². The highest BCUT2D eigenvalue weighted by molar-refractivity contribution is 7.61. The van der Waals surface area contributed by atoms with Crippen molar-refractivity contribution in [3.63, 3.8) is 0 Å². The van der Waals surface area contributed by atoms with Crippen LogP contribution in [0.15, 0.2) is 53.5 Å². The zero-order valence-corrected chi connectivity index (χ0v) is 41.0. The number of nitrogens with two attached hydrogens (primary N) is 1. The van der Waals surface area contributed by atoms with E-state index in [9.17, 15) is 43.5 Å². The number of allylic oxidation sites excluding steroid dienone is 6. The molecule has 1 aromatic rings. The van der Waals surface area contributed by atoms with E-state index in [1.807, 2.05) is 0 Å². The number of ether oxygens (including phenoxy) is 3. The van der Waals surface area contributed by atoms with E-state index >= 15 is 0 Å². The molecule has 1 aromatic heterocycles. The second kappa shape index (κ2) is 35.1. The summed E-state index contributed by atoms with van der Waals surface area (Å²) >= 11 is 0. The van der Waals surface area contributed by atoms with Crippen LogP contribution in [0.1, 0.15) is 174 Å². The summed E-state index contributed by atoms with van der Waals surface area (Å²) in [4.78, 5) is 61.7. The average Bonchev–Trinajstić information content (AvgIpc) is 3.55. The fraction of sp³-hybridized carbons (Fsp3) is 0.739. The fourth-order valence-electron chi connectivity index (χ4n) is 6.93. The molecule has 20 heteroatoms. The van der Waals surface area contributed by atoms with E-state index in [2.05, 4.69) is 59.6 Å². The first-order valence-electron chi connectivity index (χ1n) is 24.0. The van der Waals surface area contributed by atoms with Gasteiger partial charge in [-0.2, -0.15) is 9.29 Å². The topological polar surface area (TPSA) is 265 Å². The average molecular weight is 976 g/mol. The van der Waals surface area contributed by atoms with Gasteiger partial charge < -0.3 is 39.9 Å². The van der Waals surface area contributed by atoms with Gasteiger partial charge >= 0.3 is 33.3 Å². The Labute approximate surface area is 391 Å². The highest BCUT2D eigenvalue weighted by atomic mass is 31.3. The lowest BCUT2D eigenvalue weighted by Crippen LogP contribution is -2.36. The van der Waals surface area contributed by atoms with Gasteiger partial charge in [-0.1, -0.05) is 121 Å². The largest absolute Gasteiger partial charge is 0.481 e. The van der Waals surface area contributed by atoms with Gasteiger partial charge in [-0.25, -0.2) is 13.9 Å². The van der Waals surface area contributed by atoms with Crippen molar-refractivity contribution in [1.29, 1.82) is 0 Å². The van der Waals surface area contributed by atoms with Crippen molar-refractivity contribution in [2.24, 2.45) is 0 Å². The molecule has 0 bridgehead atoms. The van der Waals surface area contributed by atoms with Crippen LogP contribution in [0.4, 0.5) is 5.82 Å². The number of aromatic nitrogens is 2. The maximum absolute atomic E-state index is 12.8. The Morgan fingerprint density at radius 3 is 1.82 bits per heavy atom. The molecule has 2 heterocycles. The van der Waals surface area contributed by atoms with Gasteiger partial charge in [0.15, 0.2) is 12.3 Å². The second-order valence-electron chi connectivity index (χ2n) is 16.6. The summed E-state index contributed by atoms with van der Waals surface area (Å²) < 4.78 is 56.6. The standard InChI is InChI=1S/C46H79N3O15P2/c1-3-5-7-9-11-13-15-17-18-20-22-24-26-28-30-32-42(51)62-38(35-59-41(50)31-29-27-25-23-21-19-16-14-12-10-8-6-4-2)36-60-65(55,56)64-66(57,58)61-37-39-43(52)44(53)45(63-39)49-34-33-40(47)48-46(49)54/h11,13-14,16-18,33-34,38-39,43-45,52-53H,3-10,12,15,19-32,35-37H2,1-2H3,(H,55,56)(H,57,58)(H2,47,48,54)/b13-11-,16-14-,18-17-/t38-,39-,43+,44?,45-/m1/s1. The summed E-state index contributed by atoms with van der Waals surface area (Å²) in [5, 5.41) is 20.9. The number of phosphoric ester groups is 2. The number of unbranched alkanes of at least 4 members (excludes halogenated alkanes) is 17. The molecule has 0 radical (unpaired) electrons. The van der Waals surface area contributed by atoms with E-state index in [0.29, 0.717) is 12.8 Å². The molecule has 1 saturated heterocycles. The van der Waals surface area contributed by atoms with Crippen molar-refractivity contribution >= 4 is 33.4 Å². The van der Waals surface area contributed by atoms with E-state index in [4.69, 9.17) is 29.0 Å². The van der Waals surface area contributed by atoms with Crippen LogP contribution in [-0.4, -0.2) is 85.7 Å². The zero-order chi connectivity index (χ0) is 48.5. The Hall–Kier alpha value is -3.02. The predicted octanol–water partition coefficient (Wildman–Crippen LogP) is 9.22. The number of hydrogen-bond acceptors (Lipinski definition) is 15. The van der Waals surface area contributed by atoms with Gasteiger partial charge in [0.05, 0.1) is 13.2 Å². The van der Waals surface area contributed by atoms with E-state index < -0.39 is 83.7 Å². The van der Waals surface area contributed by atoms with Crippen molar-refractivity contribution in [3.8, 4) is 0 Å². The molecule has 0 spiro atoms. The van der Waals surface area contributed by atoms with Crippen molar-refractivity contribution < 1.29 is 66.3 Å². The summed E-state index contributed by atoms with van der Waals surface area (Å²) in [5.74, 6) is -1.32. The van der Waals surface area contributed by atoms with Crippen LogP contribution in [0.3, 0.4) is 0 Å². The molecule has 18 nitrogen and oxygen atoms in total. The molecule has 1 aliphatic heterocycles. The van der Waals surface area contributed by atoms with Crippen LogP contribution in [0.5, 0.6) is 0 Å². The molecule has 7 atom stereocenters. The molecular weight excluding hydrogens is 896 g/mol. The molecular formula is C46H79N3O15P2. The van der Waals surface area contributed by atoms with Gasteiger partial charge in [0.1, 0.15) is 30.7 Å². The third-order valence-electron chi connectivity index (χ3n) is 10.7. The second-order valence-corrected chi connectivity index (χ2v) is 19.6. The third kappa shape index (κ3) is 27.7. The highest BCUT2D eigenvalue weighted by Crippen LogP contribution is 2.60. The molecule has 378 valence electrons. The first kappa shape index (κ1) is 59.1. The zero-order valence-electron chi connectivity index (χ0n) is 39.2. The van der Waals surface area contributed by atoms with Gasteiger partial charge in [-0.3, -0.25) is 23.2 Å². The van der Waals surface area contributed by atoms with Gasteiger partial charge in [0.25, 0.3) is 0 Å². The number of phosphoric acid groups is 2. The van der Waals surface area contributed by atoms with E-state index in [1.54, 1.807) is 0 Å². The molecule has 1 fully saturated rings. The number of nitrogen functional groups attached to an aromatic ring is 1. The van der Waals surface area contributed by atoms with Crippen LogP contribution in [0.25, 0.3) is 0 Å². The Bertz CT molecular complexity index is 1740. The van der Waals surface area contributed by atoms with Gasteiger partial charge in [-0.05, 0) is 76.7 Å². The van der Waals surface area contributed by atoms with Crippen LogP contribution >= 0.6 is 15.6 Å². The fourth-order valence-corrected chi connectivity index (χ4v) is 9.04. The molecule has 0 amide bonds. The molecule has 66 heavy (non-hydrogen) atoms. The van der Waals surface area contributed by atoms with Gasteiger partial charge in [-0.15, -0.1) is 0 Å². The summed E-state index contributed by atoms with van der Waals surface area (Å²) in [6.07, 6.45) is 29.4. The first-order chi connectivity index (χ1) is 31.7. The minimum absolute atomic E-state index is 0.0325. The lowest BCUT2D eigenvalue weighted by atomic mass is 10.1. The Balaban J connectivity index is 1.83. The lowest BCUT2D eigenvalue weighted by Gasteiger charge is -2.21. The molecule has 0 aromatic carbocycles. The molecule has 0 aliphatic carbocycles. The summed E-state index contributed by atoms with van der Waals surface area (Å²) in [5.41, 5.74) is 4.58. The number of carbonyl (C=O) groups is 2. The summed E-state index contributed by atoms with van der Waals surface area (Å²) in [7, 11) is -10.8. The van der Waals surface area contributed by atoms with E-state index in [1.165, 1.54) is 51.0 Å². The first-order valence-corrected chi connectivity index (χ1v) is 27.0. The maximum Gasteiger partial charge on any atom is 0.481 e. The van der Waals surface area contributed by atoms with Gasteiger partial charge in [0.2, 0.25) is 0 Å². The molecule has 0 saturated carbocycles. The van der Waals surface area contributed by atoms with Crippen LogP contribution in [-0.2, 0) is 46.3 Å². The van der Waals surface area contributed by atoms with Crippen LogP contribution in [0.2, 0.25) is 0 Å². The quantitative estimate of drug-likeness (QED) is 0.0178. The number of anilines is 1. The van der Waals surface area contributed by atoms with Crippen molar-refractivity contribution in [1.82, 2.24) is 9.55 Å². The lowest BCUT2D eigenvalue weighted by molar-refractivity contribution is -0.161. The number of hydrogen-bond donors (Lipinski definition) is 5. The molecule has 3 unspecified atom stereocenters. The number of nitrogens with zero attached hydrogens (tertiary/aromatic N) is 2. The SMILES string of the molecule is CCCCC/C=C\C/C=C\CCCCCCCC(=O)O[C@H](COC(=O)CCCCCCC/C=C\CCCCCC)COP(=O)(O)OP(=O)(O)OC[C@H]1O[C@@H](n2ccc(N)nc2=O)C(O)[C@H]1O. The number of aliphatic hydroxyl groups excluding tert-OH is 2. The van der Waals surface area contributed by atoms with Crippen molar-refractivity contribution in [3.05, 3.63) is 59.2 Å². The highest BCUT2D eigenvalue weighted by Gasteiger charge is 2.46. The Morgan fingerprint density at radius 2 is 1.23 bits per heavy atom. The molecule has 6 N–H and O–H groups in total. The van der Waals surface area contributed by atoms with Gasteiger partial charge in [0, 0.05) is 19.0 Å². The number of esters is 2. The van der Waals surface area contributed by atoms with Crippen LogP contribution < -0.4 is 11.4 Å². The minimum atomic E-state index is -5.42. The summed E-state index contributed by atoms with van der Waals surface area (Å²) in [6.45, 7) is 2.08. The maximum atomic E-state index is 12.8. The monoisotopic (exact) mass is 975 g/mol. The number of aliphatic hydroxyl groups is 2. The normalized spacial score (nSPS) is 20.0. The minimum Gasteiger partial charge on any atom is -0.462 e. The van der Waals surface area contributed by atoms with Crippen molar-refractivity contribution in [2.75, 3.05) is 25.6 Å². The van der Waals surface area contributed by atoms with Crippen LogP contribution in [0, 0.1) is 0 Å². The summed E-state index contributed by atoms with van der Waals surface area (Å²) in [6, 6.07) is 1.25. The third-order valence-corrected chi connectivity index (χ3v) is 13.3. The molecule has 1 aliphatic rings. The van der Waals surface area contributed by atoms with E-state index in [-0.39, 0.29) is 18.7 Å². The smallest absolute Gasteiger partial charge is 0.462 e. The number of carbonyl (C=O) groups excluding carboxylic acids is 2. The Kier molecular flexibility index (Phi) is 31.5. The Morgan fingerprint density at radius 1 is 0.727 bits per heavy atom. The molecule has 2 rings (SSSR count). The van der Waals surface area contributed by atoms with E-state index in [0.717, 1.165) is 94.2 Å². The number of rotatable bonds is 39.